The summed E-state index contributed by atoms with van der Waals surface area (Å²) in [5, 5.41) is 0.991. The summed E-state index contributed by atoms with van der Waals surface area (Å²) >= 11 is 0. The number of ether oxygens (including phenoxy) is 2. The van der Waals surface area contributed by atoms with Crippen LogP contribution in [0.4, 0.5) is 0 Å². The number of benzene rings is 3. The molecule has 2 aromatic heterocycles. The summed E-state index contributed by atoms with van der Waals surface area (Å²) in [6.45, 7) is 2.74. The van der Waals surface area contributed by atoms with Gasteiger partial charge in [-0.25, -0.2) is 0 Å². The van der Waals surface area contributed by atoms with Crippen LogP contribution < -0.4 is 10.5 Å². The number of aryl methyl sites for hydroxylation is 1. The van der Waals surface area contributed by atoms with Gasteiger partial charge in [0.2, 0.25) is 0 Å². The Morgan fingerprint density at radius 2 is 1.81 bits per heavy atom. The normalized spacial score (nSPS) is 11.0. The topological polar surface area (TPSA) is 87.6 Å². The molecule has 37 heavy (non-hydrogen) atoms. The number of aromatic nitrogens is 1. The Labute approximate surface area is 215 Å². The SMILES string of the molecule is COC(=O)Cc1ccc(-c2ccnc(C)c2)cc1OCc1cc(-c2cccc(CN)c2)c2occc2c1. The van der Waals surface area contributed by atoms with E-state index >= 15 is 0 Å². The van der Waals surface area contributed by atoms with Crippen molar-refractivity contribution in [2.45, 2.75) is 26.5 Å². The second-order valence-electron chi connectivity index (χ2n) is 8.94. The fourth-order valence-corrected chi connectivity index (χ4v) is 4.44. The second kappa shape index (κ2) is 10.7. The van der Waals surface area contributed by atoms with Crippen molar-refractivity contribution < 1.29 is 18.7 Å². The Hall–Kier alpha value is -4.42. The first-order chi connectivity index (χ1) is 18.0. The number of rotatable bonds is 8. The minimum Gasteiger partial charge on any atom is -0.489 e. The average molecular weight is 493 g/mol. The highest BCUT2D eigenvalue weighted by Crippen LogP contribution is 2.33. The van der Waals surface area contributed by atoms with Crippen LogP contribution in [-0.4, -0.2) is 18.1 Å². The van der Waals surface area contributed by atoms with E-state index in [0.29, 0.717) is 18.9 Å². The van der Waals surface area contributed by atoms with E-state index < -0.39 is 0 Å². The summed E-state index contributed by atoms with van der Waals surface area (Å²) in [5.74, 6) is 0.315. The van der Waals surface area contributed by atoms with Crippen LogP contribution in [-0.2, 0) is 29.1 Å². The van der Waals surface area contributed by atoms with Gasteiger partial charge in [0.1, 0.15) is 17.9 Å². The number of esters is 1. The monoisotopic (exact) mass is 492 g/mol. The van der Waals surface area contributed by atoms with Gasteiger partial charge in [0.05, 0.1) is 19.8 Å². The molecule has 0 amide bonds. The minimum absolute atomic E-state index is 0.124. The molecule has 3 aromatic carbocycles. The van der Waals surface area contributed by atoms with Gasteiger partial charge >= 0.3 is 5.97 Å². The molecular formula is C31H28N2O4. The molecule has 5 rings (SSSR count). The third kappa shape index (κ3) is 5.39. The number of carbonyl (C=O) groups is 1. The number of hydrogen-bond acceptors (Lipinski definition) is 6. The molecule has 0 fully saturated rings. The van der Waals surface area contributed by atoms with Crippen molar-refractivity contribution in [1.29, 1.82) is 0 Å². The first-order valence-corrected chi connectivity index (χ1v) is 12.1. The van der Waals surface area contributed by atoms with E-state index in [9.17, 15) is 4.79 Å². The van der Waals surface area contributed by atoms with Crippen molar-refractivity contribution in [1.82, 2.24) is 4.98 Å². The van der Waals surface area contributed by atoms with Crippen molar-refractivity contribution in [3.8, 4) is 28.0 Å². The van der Waals surface area contributed by atoms with E-state index in [4.69, 9.17) is 19.6 Å². The minimum atomic E-state index is -0.320. The fraction of sp³-hybridized carbons (Fsp3) is 0.161. The lowest BCUT2D eigenvalue weighted by Crippen LogP contribution is -2.07. The zero-order chi connectivity index (χ0) is 25.8. The highest BCUT2D eigenvalue weighted by Gasteiger charge is 2.14. The maximum atomic E-state index is 12.1. The van der Waals surface area contributed by atoms with E-state index in [-0.39, 0.29) is 12.4 Å². The van der Waals surface area contributed by atoms with Crippen molar-refractivity contribution in [2.75, 3.05) is 7.11 Å². The summed E-state index contributed by atoms with van der Waals surface area (Å²) in [5.41, 5.74) is 14.4. The fourth-order valence-electron chi connectivity index (χ4n) is 4.44. The molecule has 2 heterocycles. The van der Waals surface area contributed by atoms with E-state index in [1.165, 1.54) is 7.11 Å². The van der Waals surface area contributed by atoms with Crippen LogP contribution in [0.5, 0.6) is 5.75 Å². The molecule has 0 saturated heterocycles. The standard InChI is InChI=1S/C31H28N2O4/c1-20-12-24(8-10-33-20)23-6-7-26(17-30(34)35-2)29(16-23)37-19-22-14-27-9-11-36-31(27)28(15-22)25-5-3-4-21(13-25)18-32/h3-16H,17-19,32H2,1-2H3. The van der Waals surface area contributed by atoms with Gasteiger partial charge in [-0.05, 0) is 77.2 Å². The molecule has 5 aromatic rings. The lowest BCUT2D eigenvalue weighted by Gasteiger charge is -2.14. The van der Waals surface area contributed by atoms with Crippen LogP contribution in [0.1, 0.15) is 22.4 Å². The molecule has 6 heteroatoms. The van der Waals surface area contributed by atoms with E-state index in [1.807, 2.05) is 55.5 Å². The number of nitrogens with zero attached hydrogens (tertiary/aromatic N) is 1. The number of fused-ring (bicyclic) bond motifs is 1. The Morgan fingerprint density at radius 3 is 2.62 bits per heavy atom. The van der Waals surface area contributed by atoms with E-state index in [2.05, 4.69) is 29.2 Å². The highest BCUT2D eigenvalue weighted by molar-refractivity contribution is 5.93. The van der Waals surface area contributed by atoms with Crippen molar-refractivity contribution in [3.63, 3.8) is 0 Å². The van der Waals surface area contributed by atoms with Gasteiger partial charge in [0.25, 0.3) is 0 Å². The zero-order valence-corrected chi connectivity index (χ0v) is 20.9. The molecule has 0 unspecified atom stereocenters. The number of methoxy groups -OCH3 is 1. The van der Waals surface area contributed by atoms with Crippen LogP contribution in [0.3, 0.4) is 0 Å². The number of carbonyl (C=O) groups excluding carboxylic acids is 1. The molecule has 0 aliphatic carbocycles. The Balaban J connectivity index is 1.50. The number of furan rings is 1. The highest BCUT2D eigenvalue weighted by atomic mass is 16.5. The van der Waals surface area contributed by atoms with Crippen LogP contribution in [0, 0.1) is 6.92 Å². The maximum absolute atomic E-state index is 12.1. The summed E-state index contributed by atoms with van der Waals surface area (Å²) < 4.78 is 17.1. The van der Waals surface area contributed by atoms with Gasteiger partial charge in [0, 0.05) is 34.9 Å². The van der Waals surface area contributed by atoms with Crippen molar-refractivity contribution in [2.24, 2.45) is 5.73 Å². The summed E-state index contributed by atoms with van der Waals surface area (Å²) in [6.07, 6.45) is 3.61. The Bertz CT molecular complexity index is 1570. The van der Waals surface area contributed by atoms with Crippen molar-refractivity contribution >= 4 is 16.9 Å². The Kier molecular flexibility index (Phi) is 7.01. The second-order valence-corrected chi connectivity index (χ2v) is 8.94. The zero-order valence-electron chi connectivity index (χ0n) is 20.9. The first-order valence-electron chi connectivity index (χ1n) is 12.1. The van der Waals surface area contributed by atoms with Crippen LogP contribution in [0.2, 0.25) is 0 Å². The molecule has 0 saturated carbocycles. The predicted molar refractivity (Wildman–Crippen MR) is 144 cm³/mol. The average Bonchev–Trinajstić information content (AvgIpc) is 3.40. The quantitative estimate of drug-likeness (QED) is 0.259. The lowest BCUT2D eigenvalue weighted by molar-refractivity contribution is -0.139. The third-order valence-electron chi connectivity index (χ3n) is 6.34. The molecule has 0 radical (unpaired) electrons. The summed E-state index contributed by atoms with van der Waals surface area (Å²) in [4.78, 5) is 16.4. The van der Waals surface area contributed by atoms with Crippen LogP contribution >= 0.6 is 0 Å². The first kappa shape index (κ1) is 24.3. The summed E-state index contributed by atoms with van der Waals surface area (Å²) in [6, 6.07) is 24.1. The van der Waals surface area contributed by atoms with E-state index in [0.717, 1.165) is 55.6 Å². The van der Waals surface area contributed by atoms with Gasteiger partial charge in [-0.1, -0.05) is 30.3 Å². The van der Waals surface area contributed by atoms with Crippen molar-refractivity contribution in [3.05, 3.63) is 108 Å². The van der Waals surface area contributed by atoms with Crippen LogP contribution in [0.15, 0.2) is 89.7 Å². The molecule has 0 bridgehead atoms. The lowest BCUT2D eigenvalue weighted by atomic mass is 9.99. The molecule has 186 valence electrons. The molecule has 0 aliphatic rings. The molecule has 0 aliphatic heterocycles. The molecule has 0 spiro atoms. The number of pyridine rings is 1. The Morgan fingerprint density at radius 1 is 0.946 bits per heavy atom. The maximum Gasteiger partial charge on any atom is 0.310 e. The largest absolute Gasteiger partial charge is 0.489 e. The van der Waals surface area contributed by atoms with Gasteiger partial charge in [-0.15, -0.1) is 0 Å². The van der Waals surface area contributed by atoms with Gasteiger partial charge in [-0.2, -0.15) is 0 Å². The molecule has 6 nitrogen and oxygen atoms in total. The summed E-state index contributed by atoms with van der Waals surface area (Å²) in [7, 11) is 1.39. The third-order valence-corrected chi connectivity index (χ3v) is 6.34. The molecule has 2 N–H and O–H groups in total. The smallest absolute Gasteiger partial charge is 0.310 e. The number of hydrogen-bond donors (Lipinski definition) is 1. The molecule has 0 atom stereocenters. The number of nitrogens with two attached hydrogens (primary N) is 1. The van der Waals surface area contributed by atoms with Gasteiger partial charge in [0.15, 0.2) is 0 Å². The van der Waals surface area contributed by atoms with Crippen LogP contribution in [0.25, 0.3) is 33.2 Å². The van der Waals surface area contributed by atoms with Gasteiger partial charge in [-0.3, -0.25) is 9.78 Å². The van der Waals surface area contributed by atoms with E-state index in [1.54, 1.807) is 12.5 Å². The predicted octanol–water partition coefficient (Wildman–Crippen LogP) is 6.22. The van der Waals surface area contributed by atoms with Gasteiger partial charge < -0.3 is 19.6 Å². The molecular weight excluding hydrogens is 464 g/mol.